The number of carbonyl (C=O) groups excluding carboxylic acids is 1. The first kappa shape index (κ1) is 20.2. The van der Waals surface area contributed by atoms with Crippen LogP contribution in [0.2, 0.25) is 0 Å². The number of ether oxygens (including phenoxy) is 1. The highest BCUT2D eigenvalue weighted by atomic mass is 32.2. The van der Waals surface area contributed by atoms with Crippen molar-refractivity contribution in [1.82, 2.24) is 4.90 Å². The molecule has 6 nitrogen and oxygen atoms in total. The van der Waals surface area contributed by atoms with E-state index in [2.05, 4.69) is 0 Å². The van der Waals surface area contributed by atoms with Crippen molar-refractivity contribution in [3.05, 3.63) is 54.1 Å². The van der Waals surface area contributed by atoms with Crippen molar-refractivity contribution in [2.24, 2.45) is 0 Å². The highest BCUT2D eigenvalue weighted by molar-refractivity contribution is 7.93. The third-order valence-electron chi connectivity index (χ3n) is 4.92. The number of amides is 1. The third kappa shape index (κ3) is 4.30. The Hall–Kier alpha value is -2.54. The Kier molecular flexibility index (Phi) is 6.24. The van der Waals surface area contributed by atoms with E-state index in [9.17, 15) is 13.2 Å². The number of sulfonamides is 1. The summed E-state index contributed by atoms with van der Waals surface area (Å²) in [6.45, 7) is 2.94. The highest BCUT2D eigenvalue weighted by Gasteiger charge is 2.31. The normalized spacial score (nSPS) is 14.6. The van der Waals surface area contributed by atoms with Crippen LogP contribution in [0, 0.1) is 6.92 Å². The lowest BCUT2D eigenvalue weighted by molar-refractivity contribution is -0.130. The van der Waals surface area contributed by atoms with Gasteiger partial charge in [0, 0.05) is 13.1 Å². The topological polar surface area (TPSA) is 66.9 Å². The standard InChI is InChI=1S/C21H26N2O4S/c1-17-11-12-19(27-2)20(15-17)28(25,26)23(18-9-5-3-6-10-18)16-21(24)22-13-7-4-8-14-22/h3,5-6,9-12,15H,4,7-8,13-14,16H2,1-2H3. The van der Waals surface area contributed by atoms with Gasteiger partial charge in [-0.25, -0.2) is 8.42 Å². The number of anilines is 1. The zero-order valence-corrected chi connectivity index (χ0v) is 17.1. The van der Waals surface area contributed by atoms with Gasteiger partial charge in [0.15, 0.2) is 0 Å². The minimum Gasteiger partial charge on any atom is -0.495 e. The molecule has 0 atom stereocenters. The number of hydrogen-bond donors (Lipinski definition) is 0. The lowest BCUT2D eigenvalue weighted by Gasteiger charge is -2.31. The minimum absolute atomic E-state index is 0.0605. The Balaban J connectivity index is 2.01. The van der Waals surface area contributed by atoms with Gasteiger partial charge in [0.1, 0.15) is 17.2 Å². The van der Waals surface area contributed by atoms with Gasteiger partial charge in [0.05, 0.1) is 12.8 Å². The zero-order valence-electron chi connectivity index (χ0n) is 16.3. The molecule has 0 saturated carbocycles. The van der Waals surface area contributed by atoms with E-state index in [1.165, 1.54) is 11.4 Å². The molecule has 0 aliphatic carbocycles. The van der Waals surface area contributed by atoms with Crippen LogP contribution >= 0.6 is 0 Å². The summed E-state index contributed by atoms with van der Waals surface area (Å²) >= 11 is 0. The Morgan fingerprint density at radius 3 is 2.39 bits per heavy atom. The zero-order chi connectivity index (χ0) is 20.1. The van der Waals surface area contributed by atoms with Crippen molar-refractivity contribution < 1.29 is 17.9 Å². The molecule has 0 radical (unpaired) electrons. The molecule has 1 amide bonds. The second-order valence-electron chi connectivity index (χ2n) is 6.94. The predicted octanol–water partition coefficient (Wildman–Crippen LogP) is 3.21. The summed E-state index contributed by atoms with van der Waals surface area (Å²) in [4.78, 5) is 14.7. The van der Waals surface area contributed by atoms with E-state index >= 15 is 0 Å². The molecule has 3 rings (SSSR count). The number of para-hydroxylation sites is 1. The molecule has 0 aromatic heterocycles. The number of nitrogens with zero attached hydrogens (tertiary/aromatic N) is 2. The van der Waals surface area contributed by atoms with Crippen molar-refractivity contribution in [3.63, 3.8) is 0 Å². The fourth-order valence-corrected chi connectivity index (χ4v) is 5.04. The Morgan fingerprint density at radius 2 is 1.75 bits per heavy atom. The molecule has 150 valence electrons. The number of benzene rings is 2. The van der Waals surface area contributed by atoms with Gasteiger partial charge in [-0.2, -0.15) is 0 Å². The summed E-state index contributed by atoms with van der Waals surface area (Å²) in [5.41, 5.74) is 1.26. The number of piperidine rings is 1. The van der Waals surface area contributed by atoms with Crippen LogP contribution in [0.5, 0.6) is 5.75 Å². The van der Waals surface area contributed by atoms with Crippen LogP contribution < -0.4 is 9.04 Å². The summed E-state index contributed by atoms with van der Waals surface area (Å²) in [5.74, 6) is 0.0794. The maximum absolute atomic E-state index is 13.6. The van der Waals surface area contributed by atoms with Crippen LogP contribution in [0.15, 0.2) is 53.4 Å². The molecule has 2 aromatic carbocycles. The van der Waals surface area contributed by atoms with Gasteiger partial charge in [-0.1, -0.05) is 24.3 Å². The molecule has 1 aliphatic heterocycles. The van der Waals surface area contributed by atoms with Crippen molar-refractivity contribution in [3.8, 4) is 5.75 Å². The van der Waals surface area contributed by atoms with Crippen LogP contribution in [-0.2, 0) is 14.8 Å². The van der Waals surface area contributed by atoms with Gasteiger partial charge < -0.3 is 9.64 Å². The van der Waals surface area contributed by atoms with Gasteiger partial charge in [0.2, 0.25) is 5.91 Å². The summed E-state index contributed by atoms with van der Waals surface area (Å²) in [7, 11) is -2.55. The molecule has 1 saturated heterocycles. The van der Waals surface area contributed by atoms with E-state index in [4.69, 9.17) is 4.74 Å². The largest absolute Gasteiger partial charge is 0.495 e. The molecule has 0 N–H and O–H groups in total. The SMILES string of the molecule is COc1ccc(C)cc1S(=O)(=O)N(CC(=O)N1CCCCC1)c1ccccc1. The van der Waals surface area contributed by atoms with Crippen molar-refractivity contribution in [2.75, 3.05) is 31.0 Å². The summed E-state index contributed by atoms with van der Waals surface area (Å²) < 4.78 is 33.6. The lowest BCUT2D eigenvalue weighted by Crippen LogP contribution is -2.44. The van der Waals surface area contributed by atoms with E-state index < -0.39 is 10.0 Å². The van der Waals surface area contributed by atoms with E-state index in [0.29, 0.717) is 18.8 Å². The van der Waals surface area contributed by atoms with E-state index in [1.54, 1.807) is 47.4 Å². The Morgan fingerprint density at radius 1 is 1.07 bits per heavy atom. The monoisotopic (exact) mass is 402 g/mol. The van der Waals surface area contributed by atoms with E-state index in [1.807, 2.05) is 13.0 Å². The summed E-state index contributed by atoms with van der Waals surface area (Å²) in [6, 6.07) is 13.7. The smallest absolute Gasteiger partial charge is 0.268 e. The molecule has 0 unspecified atom stereocenters. The van der Waals surface area contributed by atoms with Crippen LogP contribution in [0.4, 0.5) is 5.69 Å². The average molecular weight is 403 g/mol. The third-order valence-corrected chi connectivity index (χ3v) is 6.71. The molecule has 28 heavy (non-hydrogen) atoms. The fourth-order valence-electron chi connectivity index (χ4n) is 3.38. The molecule has 7 heteroatoms. The number of aryl methyl sites for hydroxylation is 1. The maximum Gasteiger partial charge on any atom is 0.268 e. The molecule has 1 heterocycles. The second-order valence-corrected chi connectivity index (χ2v) is 8.77. The quantitative estimate of drug-likeness (QED) is 0.744. The minimum atomic E-state index is -3.99. The van der Waals surface area contributed by atoms with Crippen LogP contribution in [-0.4, -0.2) is 46.0 Å². The van der Waals surface area contributed by atoms with E-state index in [-0.39, 0.29) is 23.1 Å². The molecular weight excluding hydrogens is 376 g/mol. The van der Waals surface area contributed by atoms with Crippen molar-refractivity contribution >= 4 is 21.6 Å². The second kappa shape index (κ2) is 8.65. The molecule has 0 spiro atoms. The number of carbonyl (C=O) groups is 1. The van der Waals surface area contributed by atoms with Gasteiger partial charge >= 0.3 is 0 Å². The van der Waals surface area contributed by atoms with Gasteiger partial charge in [-0.3, -0.25) is 9.10 Å². The van der Waals surface area contributed by atoms with Gasteiger partial charge in [-0.05, 0) is 56.0 Å². The molecule has 1 aliphatic rings. The Bertz CT molecular complexity index is 923. The summed E-state index contributed by atoms with van der Waals surface area (Å²) in [6.07, 6.45) is 3.01. The number of methoxy groups -OCH3 is 1. The van der Waals surface area contributed by atoms with Crippen LogP contribution in [0.3, 0.4) is 0 Å². The maximum atomic E-state index is 13.6. The van der Waals surface area contributed by atoms with Crippen LogP contribution in [0.25, 0.3) is 0 Å². The first-order valence-corrected chi connectivity index (χ1v) is 10.9. The van der Waals surface area contributed by atoms with Gasteiger partial charge in [0.25, 0.3) is 10.0 Å². The first-order valence-electron chi connectivity index (χ1n) is 9.43. The van der Waals surface area contributed by atoms with Gasteiger partial charge in [-0.15, -0.1) is 0 Å². The lowest BCUT2D eigenvalue weighted by atomic mass is 10.1. The number of likely N-dealkylation sites (tertiary alicyclic amines) is 1. The molecule has 1 fully saturated rings. The summed E-state index contributed by atoms with van der Waals surface area (Å²) in [5, 5.41) is 0. The molecular formula is C21H26N2O4S. The molecule has 0 bridgehead atoms. The van der Waals surface area contributed by atoms with Crippen molar-refractivity contribution in [1.29, 1.82) is 0 Å². The van der Waals surface area contributed by atoms with Crippen molar-refractivity contribution in [2.45, 2.75) is 31.1 Å². The van der Waals surface area contributed by atoms with Crippen LogP contribution in [0.1, 0.15) is 24.8 Å². The number of hydrogen-bond acceptors (Lipinski definition) is 4. The highest BCUT2D eigenvalue weighted by Crippen LogP contribution is 2.31. The average Bonchev–Trinajstić information content (AvgIpc) is 2.73. The van der Waals surface area contributed by atoms with E-state index in [0.717, 1.165) is 24.8 Å². The fraction of sp³-hybridized carbons (Fsp3) is 0.381. The Labute approximate surface area is 166 Å². The first-order chi connectivity index (χ1) is 13.4. The number of rotatable bonds is 6. The molecule has 2 aromatic rings. The predicted molar refractivity (Wildman–Crippen MR) is 109 cm³/mol.